The molecule has 0 aliphatic carbocycles. The third kappa shape index (κ3) is 3.59. The Morgan fingerprint density at radius 1 is 1.30 bits per heavy atom. The van der Waals surface area contributed by atoms with Gasteiger partial charge in [0, 0.05) is 24.2 Å². The van der Waals surface area contributed by atoms with Gasteiger partial charge < -0.3 is 11.1 Å². The minimum absolute atomic E-state index is 0. The van der Waals surface area contributed by atoms with Crippen molar-refractivity contribution >= 4 is 24.1 Å². The van der Waals surface area contributed by atoms with Crippen LogP contribution in [0.3, 0.4) is 0 Å². The summed E-state index contributed by atoms with van der Waals surface area (Å²) in [7, 11) is 0. The molecule has 0 radical (unpaired) electrons. The van der Waals surface area contributed by atoms with Gasteiger partial charge in [0.15, 0.2) is 0 Å². The van der Waals surface area contributed by atoms with Gasteiger partial charge in [0.05, 0.1) is 6.20 Å². The Kier molecular flexibility index (Phi) is 5.73. The third-order valence-corrected chi connectivity index (χ3v) is 2.85. The average Bonchev–Trinajstić information content (AvgIpc) is 2.87. The SMILES string of the molecule is CC(C)n1nccc1NC(=O)c1ccc(CN)cc1.Cl. The van der Waals surface area contributed by atoms with Crippen LogP contribution in [0.4, 0.5) is 5.82 Å². The van der Waals surface area contributed by atoms with E-state index in [0.717, 1.165) is 5.56 Å². The summed E-state index contributed by atoms with van der Waals surface area (Å²) in [5.41, 5.74) is 7.14. The molecule has 0 aliphatic rings. The van der Waals surface area contributed by atoms with Gasteiger partial charge in [0.2, 0.25) is 0 Å². The summed E-state index contributed by atoms with van der Waals surface area (Å²) in [5.74, 6) is 0.550. The first kappa shape index (κ1) is 16.2. The maximum Gasteiger partial charge on any atom is 0.256 e. The molecule has 5 nitrogen and oxygen atoms in total. The molecule has 2 aromatic rings. The Labute approximate surface area is 124 Å². The zero-order chi connectivity index (χ0) is 13.8. The Balaban J connectivity index is 0.00000200. The Bertz CT molecular complexity index is 563. The molecule has 0 bridgehead atoms. The van der Waals surface area contributed by atoms with Gasteiger partial charge in [-0.05, 0) is 31.5 Å². The van der Waals surface area contributed by atoms with Gasteiger partial charge in [0.1, 0.15) is 5.82 Å². The number of nitrogens with one attached hydrogen (secondary N) is 1. The molecule has 6 heteroatoms. The maximum absolute atomic E-state index is 12.1. The summed E-state index contributed by atoms with van der Waals surface area (Å²) in [6, 6.07) is 9.24. The highest BCUT2D eigenvalue weighted by molar-refractivity contribution is 6.03. The van der Waals surface area contributed by atoms with E-state index in [1.807, 2.05) is 26.0 Å². The van der Waals surface area contributed by atoms with Crippen LogP contribution in [0.5, 0.6) is 0 Å². The van der Waals surface area contributed by atoms with Crippen molar-refractivity contribution in [3.8, 4) is 0 Å². The van der Waals surface area contributed by atoms with Crippen molar-refractivity contribution in [2.75, 3.05) is 5.32 Å². The van der Waals surface area contributed by atoms with Gasteiger partial charge in [-0.2, -0.15) is 5.10 Å². The summed E-state index contributed by atoms with van der Waals surface area (Å²) < 4.78 is 1.77. The lowest BCUT2D eigenvalue weighted by Crippen LogP contribution is -2.16. The van der Waals surface area contributed by atoms with E-state index in [1.165, 1.54) is 0 Å². The highest BCUT2D eigenvalue weighted by atomic mass is 35.5. The van der Waals surface area contributed by atoms with E-state index >= 15 is 0 Å². The third-order valence-electron chi connectivity index (χ3n) is 2.85. The van der Waals surface area contributed by atoms with Gasteiger partial charge >= 0.3 is 0 Å². The number of hydrogen-bond acceptors (Lipinski definition) is 3. The second-order valence-corrected chi connectivity index (χ2v) is 4.61. The van der Waals surface area contributed by atoms with E-state index in [-0.39, 0.29) is 24.4 Å². The predicted octanol–water partition coefficient (Wildman–Crippen LogP) is 2.60. The number of benzene rings is 1. The fourth-order valence-corrected chi connectivity index (χ4v) is 1.81. The Morgan fingerprint density at radius 3 is 2.50 bits per heavy atom. The van der Waals surface area contributed by atoms with E-state index in [2.05, 4.69) is 10.4 Å². The highest BCUT2D eigenvalue weighted by Gasteiger charge is 2.10. The largest absolute Gasteiger partial charge is 0.326 e. The molecule has 1 aromatic carbocycles. The van der Waals surface area contributed by atoms with Gasteiger partial charge in [-0.3, -0.25) is 4.79 Å². The molecule has 108 valence electrons. The van der Waals surface area contributed by atoms with Crippen LogP contribution in [0.15, 0.2) is 36.5 Å². The van der Waals surface area contributed by atoms with Gasteiger partial charge in [-0.25, -0.2) is 4.68 Å². The fraction of sp³-hybridized carbons (Fsp3) is 0.286. The minimum atomic E-state index is -0.147. The van der Waals surface area contributed by atoms with Gasteiger partial charge in [-0.15, -0.1) is 12.4 Å². The van der Waals surface area contributed by atoms with Crippen molar-refractivity contribution in [2.45, 2.75) is 26.4 Å². The first-order valence-corrected chi connectivity index (χ1v) is 6.25. The average molecular weight is 295 g/mol. The number of carbonyl (C=O) groups excluding carboxylic acids is 1. The van der Waals surface area contributed by atoms with Crippen LogP contribution in [-0.4, -0.2) is 15.7 Å². The van der Waals surface area contributed by atoms with Crippen molar-refractivity contribution in [2.24, 2.45) is 5.73 Å². The molecule has 0 fully saturated rings. The molecular formula is C14H19ClN4O. The quantitative estimate of drug-likeness (QED) is 0.910. The molecular weight excluding hydrogens is 276 g/mol. The van der Waals surface area contributed by atoms with Gasteiger partial charge in [-0.1, -0.05) is 12.1 Å². The molecule has 1 aromatic heterocycles. The normalized spacial score (nSPS) is 10.2. The summed E-state index contributed by atoms with van der Waals surface area (Å²) in [6.07, 6.45) is 1.67. The van der Waals surface area contributed by atoms with E-state index < -0.39 is 0 Å². The summed E-state index contributed by atoms with van der Waals surface area (Å²) >= 11 is 0. The van der Waals surface area contributed by atoms with Crippen molar-refractivity contribution in [3.05, 3.63) is 47.7 Å². The lowest BCUT2D eigenvalue weighted by Gasteiger charge is -2.11. The smallest absolute Gasteiger partial charge is 0.256 e. The Hall–Kier alpha value is -1.85. The van der Waals surface area contributed by atoms with Crippen molar-refractivity contribution < 1.29 is 4.79 Å². The topological polar surface area (TPSA) is 72.9 Å². The fourth-order valence-electron chi connectivity index (χ4n) is 1.81. The highest BCUT2D eigenvalue weighted by Crippen LogP contribution is 2.14. The zero-order valence-corrected chi connectivity index (χ0v) is 12.4. The molecule has 0 spiro atoms. The molecule has 0 atom stereocenters. The molecule has 0 saturated heterocycles. The van der Waals surface area contributed by atoms with Crippen LogP contribution in [0, 0.1) is 0 Å². The maximum atomic E-state index is 12.1. The number of anilines is 1. The summed E-state index contributed by atoms with van der Waals surface area (Å²) in [5, 5.41) is 7.03. The van der Waals surface area contributed by atoms with Crippen LogP contribution in [0.2, 0.25) is 0 Å². The number of nitrogens with two attached hydrogens (primary N) is 1. The number of halogens is 1. The van der Waals surface area contributed by atoms with Crippen LogP contribution in [0.25, 0.3) is 0 Å². The van der Waals surface area contributed by atoms with Crippen molar-refractivity contribution in [1.82, 2.24) is 9.78 Å². The van der Waals surface area contributed by atoms with E-state index in [0.29, 0.717) is 17.9 Å². The molecule has 3 N–H and O–H groups in total. The summed E-state index contributed by atoms with van der Waals surface area (Å²) in [4.78, 5) is 12.1. The number of rotatable bonds is 4. The predicted molar refractivity (Wildman–Crippen MR) is 82.1 cm³/mol. The minimum Gasteiger partial charge on any atom is -0.326 e. The first-order chi connectivity index (χ1) is 9.11. The Morgan fingerprint density at radius 2 is 1.95 bits per heavy atom. The van der Waals surface area contributed by atoms with Crippen molar-refractivity contribution in [1.29, 1.82) is 0 Å². The van der Waals surface area contributed by atoms with Crippen LogP contribution >= 0.6 is 12.4 Å². The summed E-state index contributed by atoms with van der Waals surface area (Å²) in [6.45, 7) is 4.50. The molecule has 1 heterocycles. The van der Waals surface area contributed by atoms with E-state index in [9.17, 15) is 4.79 Å². The van der Waals surface area contributed by atoms with Crippen molar-refractivity contribution in [3.63, 3.8) is 0 Å². The first-order valence-electron chi connectivity index (χ1n) is 6.25. The number of hydrogen-bond donors (Lipinski definition) is 2. The number of nitrogens with zero attached hydrogens (tertiary/aromatic N) is 2. The van der Waals surface area contributed by atoms with E-state index in [4.69, 9.17) is 5.73 Å². The van der Waals surface area contributed by atoms with Crippen LogP contribution < -0.4 is 11.1 Å². The second kappa shape index (κ2) is 7.07. The van der Waals surface area contributed by atoms with Crippen LogP contribution in [-0.2, 0) is 6.54 Å². The second-order valence-electron chi connectivity index (χ2n) is 4.61. The molecule has 2 rings (SSSR count). The monoisotopic (exact) mass is 294 g/mol. The number of amides is 1. The lowest BCUT2D eigenvalue weighted by atomic mass is 10.1. The zero-order valence-electron chi connectivity index (χ0n) is 11.5. The molecule has 0 saturated carbocycles. The molecule has 1 amide bonds. The van der Waals surface area contributed by atoms with Crippen LogP contribution in [0.1, 0.15) is 35.8 Å². The number of aromatic nitrogens is 2. The van der Waals surface area contributed by atoms with Gasteiger partial charge in [0.25, 0.3) is 5.91 Å². The number of carbonyl (C=O) groups is 1. The molecule has 20 heavy (non-hydrogen) atoms. The standard InChI is InChI=1S/C14H18N4O.ClH/c1-10(2)18-13(7-8-16-18)17-14(19)12-5-3-11(9-15)4-6-12;/h3-8,10H,9,15H2,1-2H3,(H,17,19);1H. The van der Waals surface area contributed by atoms with E-state index in [1.54, 1.807) is 29.1 Å². The molecule has 0 unspecified atom stereocenters. The molecule has 0 aliphatic heterocycles. The lowest BCUT2D eigenvalue weighted by molar-refractivity contribution is 0.102.